The molecule has 1 saturated heterocycles. The molecule has 2 aromatic carbocycles. The molecule has 2 aromatic heterocycles. The average Bonchev–Trinajstić information content (AvgIpc) is 3.37. The van der Waals surface area contributed by atoms with Crippen molar-refractivity contribution >= 4 is 55.2 Å². The first kappa shape index (κ1) is 18.3. The summed E-state index contributed by atoms with van der Waals surface area (Å²) in [4.78, 5) is 21.7. The highest BCUT2D eigenvalue weighted by Crippen LogP contribution is 2.35. The van der Waals surface area contributed by atoms with Crippen molar-refractivity contribution in [2.45, 2.75) is 13.5 Å². The third kappa shape index (κ3) is 3.32. The van der Waals surface area contributed by atoms with Gasteiger partial charge in [-0.15, -0.1) is 5.10 Å². The first-order chi connectivity index (χ1) is 14.1. The number of aromatic nitrogens is 4. The Morgan fingerprint density at radius 2 is 1.93 bits per heavy atom. The second-order valence-electron chi connectivity index (χ2n) is 7.14. The van der Waals surface area contributed by atoms with Crippen LogP contribution in [0.15, 0.2) is 36.4 Å². The number of para-hydroxylation sites is 1. The van der Waals surface area contributed by atoms with Crippen LogP contribution in [0.5, 0.6) is 0 Å². The Balaban J connectivity index is 1.27. The van der Waals surface area contributed by atoms with Gasteiger partial charge in [-0.05, 0) is 30.7 Å². The van der Waals surface area contributed by atoms with Crippen LogP contribution in [-0.4, -0.2) is 57.0 Å². The van der Waals surface area contributed by atoms with Gasteiger partial charge in [-0.25, -0.2) is 9.67 Å². The number of thiazole rings is 1. The monoisotopic (exact) mass is 426 g/mol. The number of halogens is 1. The fourth-order valence-corrected chi connectivity index (χ4v) is 5.00. The van der Waals surface area contributed by atoms with Crippen LogP contribution in [0, 0.1) is 6.92 Å². The van der Waals surface area contributed by atoms with Crippen molar-refractivity contribution in [2.75, 3.05) is 31.1 Å². The first-order valence-electron chi connectivity index (χ1n) is 9.47. The predicted octanol–water partition coefficient (Wildman–Crippen LogP) is 3.35. The summed E-state index contributed by atoms with van der Waals surface area (Å²) in [6.45, 7) is 5.08. The number of hydrogen-bond donors (Lipinski definition) is 0. The highest BCUT2D eigenvalue weighted by Gasteiger charge is 2.24. The number of piperazine rings is 1. The van der Waals surface area contributed by atoms with E-state index in [4.69, 9.17) is 16.6 Å². The molecule has 29 heavy (non-hydrogen) atoms. The van der Waals surface area contributed by atoms with Crippen LogP contribution in [0.3, 0.4) is 0 Å². The van der Waals surface area contributed by atoms with Crippen LogP contribution < -0.4 is 4.90 Å². The molecule has 7 nitrogen and oxygen atoms in total. The second-order valence-corrected chi connectivity index (χ2v) is 8.53. The molecule has 5 rings (SSSR count). The summed E-state index contributed by atoms with van der Waals surface area (Å²) >= 11 is 7.96. The molecule has 1 aliphatic rings. The van der Waals surface area contributed by atoms with Gasteiger partial charge in [-0.3, -0.25) is 4.79 Å². The van der Waals surface area contributed by atoms with Gasteiger partial charge in [0, 0.05) is 26.2 Å². The topological polar surface area (TPSA) is 67.2 Å². The molecule has 4 aromatic rings. The molecule has 148 valence electrons. The minimum Gasteiger partial charge on any atom is -0.345 e. The Morgan fingerprint density at radius 3 is 2.72 bits per heavy atom. The molecule has 0 bridgehead atoms. The van der Waals surface area contributed by atoms with E-state index in [1.165, 1.54) is 0 Å². The number of fused-ring (bicyclic) bond motifs is 2. The number of rotatable bonds is 3. The molecule has 1 amide bonds. The largest absolute Gasteiger partial charge is 0.345 e. The van der Waals surface area contributed by atoms with Gasteiger partial charge in [-0.2, -0.15) is 0 Å². The molecule has 9 heteroatoms. The first-order valence-corrected chi connectivity index (χ1v) is 10.7. The van der Waals surface area contributed by atoms with E-state index in [1.807, 2.05) is 48.2 Å². The zero-order valence-corrected chi connectivity index (χ0v) is 17.4. The highest BCUT2D eigenvalue weighted by atomic mass is 35.5. The van der Waals surface area contributed by atoms with Gasteiger partial charge in [0.15, 0.2) is 5.13 Å². The van der Waals surface area contributed by atoms with Crippen LogP contribution in [0.2, 0.25) is 5.02 Å². The summed E-state index contributed by atoms with van der Waals surface area (Å²) in [5.74, 6) is 0.0588. The van der Waals surface area contributed by atoms with Crippen LogP contribution in [0.25, 0.3) is 21.3 Å². The van der Waals surface area contributed by atoms with Crippen molar-refractivity contribution in [1.82, 2.24) is 24.9 Å². The fraction of sp³-hybridized carbons (Fsp3) is 0.300. The summed E-state index contributed by atoms with van der Waals surface area (Å²) in [7, 11) is 0. The smallest absolute Gasteiger partial charge is 0.244 e. The number of carbonyl (C=O) groups is 1. The Hall–Kier alpha value is -2.71. The average molecular weight is 427 g/mol. The molecule has 0 aliphatic carbocycles. The quantitative estimate of drug-likeness (QED) is 0.502. The molecule has 0 N–H and O–H groups in total. The van der Waals surface area contributed by atoms with E-state index in [1.54, 1.807) is 16.0 Å². The lowest BCUT2D eigenvalue weighted by Crippen LogP contribution is -2.49. The van der Waals surface area contributed by atoms with E-state index in [0.717, 1.165) is 50.1 Å². The molecule has 0 atom stereocenters. The summed E-state index contributed by atoms with van der Waals surface area (Å²) < 4.78 is 2.70. The van der Waals surface area contributed by atoms with E-state index >= 15 is 0 Å². The van der Waals surface area contributed by atoms with Crippen LogP contribution in [0.4, 0.5) is 5.13 Å². The maximum atomic E-state index is 12.8. The van der Waals surface area contributed by atoms with E-state index in [0.29, 0.717) is 13.1 Å². The minimum absolute atomic E-state index is 0.0588. The Labute approximate surface area is 176 Å². The molecular weight excluding hydrogens is 408 g/mol. The van der Waals surface area contributed by atoms with Crippen LogP contribution >= 0.6 is 22.9 Å². The fourth-order valence-electron chi connectivity index (χ4n) is 3.64. The van der Waals surface area contributed by atoms with Crippen LogP contribution in [-0.2, 0) is 11.3 Å². The Kier molecular flexibility index (Phi) is 4.60. The summed E-state index contributed by atoms with van der Waals surface area (Å²) in [5.41, 5.74) is 3.77. The third-order valence-electron chi connectivity index (χ3n) is 5.29. The molecule has 1 fully saturated rings. The van der Waals surface area contributed by atoms with Gasteiger partial charge >= 0.3 is 0 Å². The summed E-state index contributed by atoms with van der Waals surface area (Å²) in [5, 5.41) is 9.94. The number of nitrogens with zero attached hydrogens (tertiary/aromatic N) is 6. The van der Waals surface area contributed by atoms with E-state index in [9.17, 15) is 4.79 Å². The van der Waals surface area contributed by atoms with Crippen molar-refractivity contribution < 1.29 is 4.79 Å². The van der Waals surface area contributed by atoms with Gasteiger partial charge in [0.05, 0.1) is 20.8 Å². The third-order valence-corrected chi connectivity index (χ3v) is 6.87. The normalized spacial score (nSPS) is 14.8. The maximum Gasteiger partial charge on any atom is 0.244 e. The van der Waals surface area contributed by atoms with Gasteiger partial charge in [-0.1, -0.05) is 46.4 Å². The van der Waals surface area contributed by atoms with E-state index in [2.05, 4.69) is 15.2 Å². The summed E-state index contributed by atoms with van der Waals surface area (Å²) in [6, 6.07) is 11.6. The Morgan fingerprint density at radius 1 is 1.14 bits per heavy atom. The zero-order chi connectivity index (χ0) is 20.0. The molecule has 3 heterocycles. The van der Waals surface area contributed by atoms with Crippen molar-refractivity contribution in [1.29, 1.82) is 0 Å². The van der Waals surface area contributed by atoms with Crippen LogP contribution in [0.1, 0.15) is 5.56 Å². The lowest BCUT2D eigenvalue weighted by Gasteiger charge is -2.34. The molecule has 0 saturated carbocycles. The van der Waals surface area contributed by atoms with E-state index in [-0.39, 0.29) is 12.5 Å². The molecule has 0 radical (unpaired) electrons. The lowest BCUT2D eigenvalue weighted by molar-refractivity contribution is -0.132. The number of anilines is 1. The molecular formula is C20H19ClN6OS. The number of carbonyl (C=O) groups excluding carboxylic acids is 1. The van der Waals surface area contributed by atoms with Gasteiger partial charge in [0.1, 0.15) is 12.1 Å². The number of benzene rings is 2. The second kappa shape index (κ2) is 7.27. The van der Waals surface area contributed by atoms with E-state index < -0.39 is 0 Å². The molecule has 1 aliphatic heterocycles. The number of amides is 1. The number of aryl methyl sites for hydroxylation is 1. The van der Waals surface area contributed by atoms with Gasteiger partial charge in [0.25, 0.3) is 0 Å². The zero-order valence-electron chi connectivity index (χ0n) is 15.9. The number of hydrogen-bond acceptors (Lipinski definition) is 6. The molecule has 0 spiro atoms. The van der Waals surface area contributed by atoms with Gasteiger partial charge < -0.3 is 9.80 Å². The lowest BCUT2D eigenvalue weighted by atomic mass is 10.2. The minimum atomic E-state index is 0.0588. The van der Waals surface area contributed by atoms with Crippen molar-refractivity contribution in [3.05, 3.63) is 47.0 Å². The van der Waals surface area contributed by atoms with Crippen molar-refractivity contribution in [2.24, 2.45) is 0 Å². The van der Waals surface area contributed by atoms with Crippen molar-refractivity contribution in [3.63, 3.8) is 0 Å². The predicted molar refractivity (Wildman–Crippen MR) is 116 cm³/mol. The summed E-state index contributed by atoms with van der Waals surface area (Å²) in [6.07, 6.45) is 0. The van der Waals surface area contributed by atoms with Crippen molar-refractivity contribution in [3.8, 4) is 0 Å². The standard InChI is InChI=1S/C20H19ClN6OS/c1-13-6-7-14(21)19-18(13)22-20(29-19)26-10-8-25(9-11-26)17(28)12-27-16-5-3-2-4-15(16)23-24-27/h2-7H,8-12H2,1H3. The molecule has 0 unspecified atom stereocenters. The maximum absolute atomic E-state index is 12.8. The highest BCUT2D eigenvalue weighted by molar-refractivity contribution is 7.22. The SMILES string of the molecule is Cc1ccc(Cl)c2sc(N3CCN(C(=O)Cn4nnc5ccccc54)CC3)nc12. The Bertz CT molecular complexity index is 1170. The van der Waals surface area contributed by atoms with Gasteiger partial charge in [0.2, 0.25) is 5.91 Å².